The van der Waals surface area contributed by atoms with E-state index in [0.29, 0.717) is 35.8 Å². The van der Waals surface area contributed by atoms with Gasteiger partial charge in [0.15, 0.2) is 11.2 Å². The van der Waals surface area contributed by atoms with Gasteiger partial charge in [0.05, 0.1) is 6.61 Å². The fourth-order valence-electron chi connectivity index (χ4n) is 2.04. The second kappa shape index (κ2) is 6.01. The number of halogens is 1. The third-order valence-electron chi connectivity index (χ3n) is 3.03. The van der Waals surface area contributed by atoms with Crippen LogP contribution in [0.3, 0.4) is 0 Å². The van der Waals surface area contributed by atoms with Crippen LogP contribution in [0.2, 0.25) is 5.02 Å². The van der Waals surface area contributed by atoms with Crippen molar-refractivity contribution >= 4 is 22.8 Å². The van der Waals surface area contributed by atoms with E-state index in [9.17, 15) is 4.79 Å². The number of benzene rings is 1. The first-order valence-electron chi connectivity index (χ1n) is 6.57. The minimum absolute atomic E-state index is 0.393. The van der Waals surface area contributed by atoms with Crippen LogP contribution in [-0.2, 0) is 6.54 Å². The van der Waals surface area contributed by atoms with Crippen molar-refractivity contribution in [3.05, 3.63) is 58.2 Å². The number of fused-ring (bicyclic) bond motifs is 1. The molecule has 0 unspecified atom stereocenters. The number of pyridine rings is 1. The maximum absolute atomic E-state index is 11.7. The predicted molar refractivity (Wildman–Crippen MR) is 79.8 cm³/mol. The quantitative estimate of drug-likeness (QED) is 0.680. The number of ether oxygens (including phenoxy) is 1. The van der Waals surface area contributed by atoms with E-state index < -0.39 is 5.76 Å². The molecule has 2 heterocycles. The molecule has 0 atom stereocenters. The minimum Gasteiger partial charge on any atom is -0.494 e. The van der Waals surface area contributed by atoms with Crippen molar-refractivity contribution in [1.82, 2.24) is 9.55 Å². The Morgan fingerprint density at radius 1 is 1.24 bits per heavy atom. The van der Waals surface area contributed by atoms with Gasteiger partial charge in [0, 0.05) is 17.8 Å². The molecule has 0 aliphatic heterocycles. The van der Waals surface area contributed by atoms with Gasteiger partial charge in [-0.25, -0.2) is 9.78 Å². The topological polar surface area (TPSA) is 57.3 Å². The molecule has 0 fully saturated rings. The summed E-state index contributed by atoms with van der Waals surface area (Å²) in [5.41, 5.74) is 1.06. The van der Waals surface area contributed by atoms with E-state index >= 15 is 0 Å². The predicted octanol–water partition coefficient (Wildman–Crippen LogP) is 3.11. The standard InChI is InChI=1S/C15H13ClN2O3/c16-11-4-6-12(7-5-11)20-10-2-9-18-14-13(21-15(18)19)3-1-8-17-14/h1,3-8H,2,9-10H2. The van der Waals surface area contributed by atoms with Crippen molar-refractivity contribution in [3.63, 3.8) is 0 Å². The number of aryl methyl sites for hydroxylation is 1. The zero-order valence-electron chi connectivity index (χ0n) is 11.2. The largest absolute Gasteiger partial charge is 0.494 e. The summed E-state index contributed by atoms with van der Waals surface area (Å²) in [4.78, 5) is 15.9. The Kier molecular flexibility index (Phi) is 3.92. The van der Waals surface area contributed by atoms with E-state index in [4.69, 9.17) is 20.8 Å². The van der Waals surface area contributed by atoms with Crippen molar-refractivity contribution in [2.75, 3.05) is 6.61 Å². The van der Waals surface area contributed by atoms with Crippen LogP contribution in [0, 0.1) is 0 Å². The molecule has 3 rings (SSSR count). The first-order valence-corrected chi connectivity index (χ1v) is 6.94. The Morgan fingerprint density at radius 2 is 2.05 bits per heavy atom. The summed E-state index contributed by atoms with van der Waals surface area (Å²) in [6.45, 7) is 0.990. The van der Waals surface area contributed by atoms with E-state index in [2.05, 4.69) is 4.98 Å². The number of nitrogens with zero attached hydrogens (tertiary/aromatic N) is 2. The van der Waals surface area contributed by atoms with Gasteiger partial charge in [0.1, 0.15) is 5.75 Å². The van der Waals surface area contributed by atoms with Crippen molar-refractivity contribution in [3.8, 4) is 5.75 Å². The van der Waals surface area contributed by atoms with Gasteiger partial charge in [-0.15, -0.1) is 0 Å². The second-order valence-corrected chi connectivity index (χ2v) is 4.94. The van der Waals surface area contributed by atoms with Gasteiger partial charge in [-0.1, -0.05) is 11.6 Å². The Balaban J connectivity index is 1.61. The summed E-state index contributed by atoms with van der Waals surface area (Å²) in [7, 11) is 0. The lowest BCUT2D eigenvalue weighted by molar-refractivity contribution is 0.300. The van der Waals surface area contributed by atoms with Gasteiger partial charge in [0.25, 0.3) is 0 Å². The Hall–Kier alpha value is -2.27. The first kappa shape index (κ1) is 13.7. The maximum Gasteiger partial charge on any atom is 0.421 e. The highest BCUT2D eigenvalue weighted by molar-refractivity contribution is 6.30. The fraction of sp³-hybridized carbons (Fsp3) is 0.200. The van der Waals surface area contributed by atoms with Gasteiger partial charge in [-0.3, -0.25) is 4.57 Å². The van der Waals surface area contributed by atoms with Crippen molar-refractivity contribution in [2.45, 2.75) is 13.0 Å². The van der Waals surface area contributed by atoms with Crippen LogP contribution in [0.1, 0.15) is 6.42 Å². The van der Waals surface area contributed by atoms with Gasteiger partial charge < -0.3 is 9.15 Å². The second-order valence-electron chi connectivity index (χ2n) is 4.50. The molecule has 5 nitrogen and oxygen atoms in total. The number of hydrogen-bond donors (Lipinski definition) is 0. The molecule has 6 heteroatoms. The third-order valence-corrected chi connectivity index (χ3v) is 3.28. The van der Waals surface area contributed by atoms with Gasteiger partial charge in [-0.2, -0.15) is 0 Å². The Morgan fingerprint density at radius 3 is 2.86 bits per heavy atom. The SMILES string of the molecule is O=c1oc2cccnc2n1CCCOc1ccc(Cl)cc1. The lowest BCUT2D eigenvalue weighted by Gasteiger charge is -2.06. The summed E-state index contributed by atoms with van der Waals surface area (Å²) in [5.74, 6) is 0.358. The van der Waals surface area contributed by atoms with Gasteiger partial charge in [0.2, 0.25) is 0 Å². The number of hydrogen-bond acceptors (Lipinski definition) is 4. The summed E-state index contributed by atoms with van der Waals surface area (Å²) in [6.07, 6.45) is 2.31. The van der Waals surface area contributed by atoms with Crippen LogP contribution in [-0.4, -0.2) is 16.2 Å². The van der Waals surface area contributed by atoms with Crippen LogP contribution in [0.15, 0.2) is 51.8 Å². The number of aromatic nitrogens is 2. The summed E-state index contributed by atoms with van der Waals surface area (Å²) >= 11 is 5.80. The van der Waals surface area contributed by atoms with Crippen molar-refractivity contribution in [1.29, 1.82) is 0 Å². The van der Waals surface area contributed by atoms with E-state index in [-0.39, 0.29) is 0 Å². The van der Waals surface area contributed by atoms with E-state index in [1.165, 1.54) is 4.57 Å². The van der Waals surface area contributed by atoms with Crippen LogP contribution in [0.5, 0.6) is 5.75 Å². The number of rotatable bonds is 5. The van der Waals surface area contributed by atoms with E-state index in [1.54, 1.807) is 30.5 Å². The zero-order valence-corrected chi connectivity index (χ0v) is 11.9. The maximum atomic E-state index is 11.7. The highest BCUT2D eigenvalue weighted by atomic mass is 35.5. The summed E-state index contributed by atoms with van der Waals surface area (Å²) < 4.78 is 12.2. The molecular formula is C15H13ClN2O3. The average molecular weight is 305 g/mol. The average Bonchev–Trinajstić information content (AvgIpc) is 2.81. The first-order chi connectivity index (χ1) is 10.2. The van der Waals surface area contributed by atoms with Crippen LogP contribution in [0.25, 0.3) is 11.2 Å². The Labute approximate surface area is 125 Å². The normalized spacial score (nSPS) is 10.9. The van der Waals surface area contributed by atoms with Crippen LogP contribution < -0.4 is 10.5 Å². The lowest BCUT2D eigenvalue weighted by Crippen LogP contribution is -2.16. The molecule has 3 aromatic rings. The minimum atomic E-state index is -0.393. The molecule has 0 spiro atoms. The third kappa shape index (κ3) is 3.08. The van der Waals surface area contributed by atoms with Gasteiger partial charge >= 0.3 is 5.76 Å². The molecule has 0 radical (unpaired) electrons. The molecule has 108 valence electrons. The highest BCUT2D eigenvalue weighted by Gasteiger charge is 2.09. The summed E-state index contributed by atoms with van der Waals surface area (Å²) in [6, 6.07) is 10.6. The molecular weight excluding hydrogens is 292 g/mol. The Bertz CT molecular complexity index is 793. The zero-order chi connectivity index (χ0) is 14.7. The van der Waals surface area contributed by atoms with Crippen molar-refractivity contribution in [2.24, 2.45) is 0 Å². The van der Waals surface area contributed by atoms with Crippen molar-refractivity contribution < 1.29 is 9.15 Å². The molecule has 0 bridgehead atoms. The number of oxazole rings is 1. The molecule has 0 N–H and O–H groups in total. The monoisotopic (exact) mass is 304 g/mol. The van der Waals surface area contributed by atoms with Crippen LogP contribution in [0.4, 0.5) is 0 Å². The molecule has 0 amide bonds. The molecule has 2 aromatic heterocycles. The van der Waals surface area contributed by atoms with Gasteiger partial charge in [-0.05, 0) is 42.8 Å². The molecule has 1 aromatic carbocycles. The highest BCUT2D eigenvalue weighted by Crippen LogP contribution is 2.15. The van der Waals surface area contributed by atoms with E-state index in [0.717, 1.165) is 5.75 Å². The summed E-state index contributed by atoms with van der Waals surface area (Å²) in [5, 5.41) is 0.671. The molecule has 21 heavy (non-hydrogen) atoms. The molecule has 0 aliphatic rings. The van der Waals surface area contributed by atoms with E-state index in [1.807, 2.05) is 12.1 Å². The molecule has 0 aliphatic carbocycles. The fourth-order valence-corrected chi connectivity index (χ4v) is 2.17. The molecule has 0 saturated heterocycles. The van der Waals surface area contributed by atoms with Crippen LogP contribution >= 0.6 is 11.6 Å². The molecule has 0 saturated carbocycles. The smallest absolute Gasteiger partial charge is 0.421 e. The lowest BCUT2D eigenvalue weighted by atomic mass is 10.3.